The van der Waals surface area contributed by atoms with Gasteiger partial charge in [0.1, 0.15) is 0 Å². The highest BCUT2D eigenvalue weighted by molar-refractivity contribution is 6.12. The van der Waals surface area contributed by atoms with Crippen molar-refractivity contribution in [2.45, 2.75) is 32.4 Å². The monoisotopic (exact) mass is 577 g/mol. The molecule has 1 amide bonds. The number of hydrazine groups is 1. The number of hydrogen-bond donors (Lipinski definition) is 2. The summed E-state index contributed by atoms with van der Waals surface area (Å²) in [6, 6.07) is 27.0. The molecule has 43 heavy (non-hydrogen) atoms. The number of benzene rings is 4. The van der Waals surface area contributed by atoms with E-state index in [-0.39, 0.29) is 5.91 Å². The molecule has 4 aromatic rings. The molecule has 0 saturated carbocycles. The van der Waals surface area contributed by atoms with Crippen LogP contribution in [0.3, 0.4) is 0 Å². The van der Waals surface area contributed by atoms with Gasteiger partial charge in [0.15, 0.2) is 0 Å². The molecule has 3 aliphatic rings. The van der Waals surface area contributed by atoms with Gasteiger partial charge in [0.2, 0.25) is 0 Å². The Hall–Kier alpha value is -4.27. The lowest BCUT2D eigenvalue weighted by atomic mass is 10.0. The van der Waals surface area contributed by atoms with E-state index in [0.717, 1.165) is 97.9 Å². The molecule has 0 atom stereocenters. The van der Waals surface area contributed by atoms with Gasteiger partial charge in [-0.3, -0.25) is 15.2 Å². The molecule has 8 heteroatoms. The van der Waals surface area contributed by atoms with Gasteiger partial charge < -0.3 is 24.6 Å². The van der Waals surface area contributed by atoms with E-state index in [1.807, 2.05) is 36.4 Å². The molecule has 3 heterocycles. The number of rotatable bonds is 7. The molecule has 0 aromatic heterocycles. The Kier molecular flexibility index (Phi) is 7.79. The Morgan fingerprint density at radius 2 is 1.49 bits per heavy atom. The number of nitrogens with one attached hydrogen (secondary N) is 2. The van der Waals surface area contributed by atoms with Gasteiger partial charge in [0.05, 0.1) is 37.2 Å². The van der Waals surface area contributed by atoms with Crippen molar-refractivity contribution in [2.24, 2.45) is 0 Å². The molecule has 222 valence electrons. The maximum absolute atomic E-state index is 13.4. The molecule has 2 N–H and O–H groups in total. The van der Waals surface area contributed by atoms with Crippen LogP contribution in [0.4, 0.5) is 28.4 Å². The summed E-state index contributed by atoms with van der Waals surface area (Å²) in [5.41, 5.74) is 10.8. The minimum atomic E-state index is -0.109. The SMILES string of the molecule is CCOC1CCN(c2ccc(N3Cc4cc(NC(=O)c5ccc(N6CCOCC6)cc5)c5ccccc5c4N3)cc2)CC1. The Morgan fingerprint density at radius 1 is 0.860 bits per heavy atom. The summed E-state index contributed by atoms with van der Waals surface area (Å²) in [7, 11) is 0. The Morgan fingerprint density at radius 3 is 2.19 bits per heavy atom. The Labute approximate surface area is 253 Å². The molecule has 0 spiro atoms. The van der Waals surface area contributed by atoms with Crippen molar-refractivity contribution in [3.8, 4) is 0 Å². The zero-order valence-electron chi connectivity index (χ0n) is 24.7. The molecular weight excluding hydrogens is 538 g/mol. The predicted octanol–water partition coefficient (Wildman–Crippen LogP) is 6.28. The summed E-state index contributed by atoms with van der Waals surface area (Å²) in [5.74, 6) is -0.109. The number of carbonyl (C=O) groups is 1. The molecule has 0 unspecified atom stereocenters. The molecule has 2 fully saturated rings. The minimum Gasteiger partial charge on any atom is -0.378 e. The van der Waals surface area contributed by atoms with Gasteiger partial charge in [-0.2, -0.15) is 0 Å². The molecule has 2 saturated heterocycles. The van der Waals surface area contributed by atoms with Gasteiger partial charge in [-0.05, 0) is 74.4 Å². The van der Waals surface area contributed by atoms with Crippen molar-refractivity contribution in [2.75, 3.05) is 71.6 Å². The van der Waals surface area contributed by atoms with Crippen LogP contribution >= 0.6 is 0 Å². The first-order chi connectivity index (χ1) is 21.2. The maximum Gasteiger partial charge on any atom is 0.255 e. The molecule has 7 rings (SSSR count). The molecule has 4 aromatic carbocycles. The Bertz CT molecular complexity index is 1580. The average Bonchev–Trinajstić information content (AvgIpc) is 3.50. The molecule has 8 nitrogen and oxygen atoms in total. The third-order valence-electron chi connectivity index (χ3n) is 8.83. The summed E-state index contributed by atoms with van der Waals surface area (Å²) in [5, 5.41) is 7.49. The first kappa shape index (κ1) is 27.6. The number of ether oxygens (including phenoxy) is 2. The topological polar surface area (TPSA) is 69.3 Å². The average molecular weight is 578 g/mol. The van der Waals surface area contributed by atoms with E-state index in [0.29, 0.717) is 18.2 Å². The second-order valence-corrected chi connectivity index (χ2v) is 11.5. The van der Waals surface area contributed by atoms with Crippen molar-refractivity contribution in [1.29, 1.82) is 0 Å². The van der Waals surface area contributed by atoms with Gasteiger partial charge in [-0.25, -0.2) is 0 Å². The van der Waals surface area contributed by atoms with Gasteiger partial charge in [-0.1, -0.05) is 24.3 Å². The second-order valence-electron chi connectivity index (χ2n) is 11.5. The van der Waals surface area contributed by atoms with Crippen LogP contribution in [0.25, 0.3) is 10.8 Å². The van der Waals surface area contributed by atoms with E-state index < -0.39 is 0 Å². The fourth-order valence-electron chi connectivity index (χ4n) is 6.49. The lowest BCUT2D eigenvalue weighted by molar-refractivity contribution is 0.0459. The van der Waals surface area contributed by atoms with Crippen LogP contribution in [0.15, 0.2) is 78.9 Å². The number of nitrogens with zero attached hydrogens (tertiary/aromatic N) is 3. The lowest BCUT2D eigenvalue weighted by Gasteiger charge is -2.33. The van der Waals surface area contributed by atoms with E-state index in [1.165, 1.54) is 5.69 Å². The molecule has 3 aliphatic heterocycles. The molecule has 0 radical (unpaired) electrons. The van der Waals surface area contributed by atoms with Crippen LogP contribution in [0.1, 0.15) is 35.7 Å². The standard InChI is InChI=1S/C35H39N5O3/c1-2-43-30-15-17-38(18-16-30)28-11-13-29(14-12-28)40-24-26-23-33(31-5-3-4-6-32(31)34(26)37-40)36-35(41)25-7-9-27(10-8-25)39-19-21-42-22-20-39/h3-14,23,30,37H,2,15-22,24H2,1H3,(H,36,41). The summed E-state index contributed by atoms with van der Waals surface area (Å²) < 4.78 is 11.3. The van der Waals surface area contributed by atoms with Crippen molar-refractivity contribution in [3.05, 3.63) is 90.0 Å². The van der Waals surface area contributed by atoms with Gasteiger partial charge >= 0.3 is 0 Å². The third kappa shape index (κ3) is 5.72. The van der Waals surface area contributed by atoms with Crippen LogP contribution in [0, 0.1) is 0 Å². The summed E-state index contributed by atoms with van der Waals surface area (Å²) >= 11 is 0. The predicted molar refractivity (Wildman–Crippen MR) is 174 cm³/mol. The van der Waals surface area contributed by atoms with Crippen molar-refractivity contribution >= 4 is 45.1 Å². The molecular formula is C35H39N5O3. The zero-order chi connectivity index (χ0) is 29.2. The fourth-order valence-corrected chi connectivity index (χ4v) is 6.49. The quantitative estimate of drug-likeness (QED) is 0.268. The number of fused-ring (bicyclic) bond motifs is 3. The van der Waals surface area contributed by atoms with Gasteiger partial charge in [0, 0.05) is 71.7 Å². The second kappa shape index (κ2) is 12.1. The minimum absolute atomic E-state index is 0.109. The number of amides is 1. The van der Waals surface area contributed by atoms with Crippen LogP contribution in [-0.4, -0.2) is 58.0 Å². The third-order valence-corrected chi connectivity index (χ3v) is 8.83. The summed E-state index contributed by atoms with van der Waals surface area (Å²) in [6.45, 7) is 8.83. The number of anilines is 5. The highest BCUT2D eigenvalue weighted by Crippen LogP contribution is 2.40. The number of morpholine rings is 1. The first-order valence-corrected chi connectivity index (χ1v) is 15.5. The number of carbonyl (C=O) groups excluding carboxylic acids is 1. The highest BCUT2D eigenvalue weighted by Gasteiger charge is 2.24. The normalized spacial score (nSPS) is 17.2. The maximum atomic E-state index is 13.4. The number of piperidine rings is 1. The largest absolute Gasteiger partial charge is 0.378 e. The number of hydrogen-bond acceptors (Lipinski definition) is 7. The van der Waals surface area contributed by atoms with Crippen LogP contribution < -0.4 is 25.6 Å². The van der Waals surface area contributed by atoms with Crippen molar-refractivity contribution in [1.82, 2.24) is 0 Å². The Balaban J connectivity index is 1.06. The summed E-state index contributed by atoms with van der Waals surface area (Å²) in [6.07, 6.45) is 2.53. The van der Waals surface area contributed by atoms with E-state index >= 15 is 0 Å². The fraction of sp³-hybridized carbons (Fsp3) is 0.343. The van der Waals surface area contributed by atoms with E-state index in [2.05, 4.69) is 74.9 Å². The highest BCUT2D eigenvalue weighted by atomic mass is 16.5. The molecule has 0 aliphatic carbocycles. The van der Waals surface area contributed by atoms with Crippen molar-refractivity contribution in [3.63, 3.8) is 0 Å². The molecule has 0 bridgehead atoms. The zero-order valence-corrected chi connectivity index (χ0v) is 24.7. The lowest BCUT2D eigenvalue weighted by Crippen LogP contribution is -2.37. The van der Waals surface area contributed by atoms with Gasteiger partial charge in [-0.15, -0.1) is 0 Å². The van der Waals surface area contributed by atoms with Crippen molar-refractivity contribution < 1.29 is 14.3 Å². The van der Waals surface area contributed by atoms with Gasteiger partial charge in [0.25, 0.3) is 5.91 Å². The van der Waals surface area contributed by atoms with Crippen LogP contribution in [0.5, 0.6) is 0 Å². The smallest absolute Gasteiger partial charge is 0.255 e. The van der Waals surface area contributed by atoms with E-state index in [1.54, 1.807) is 0 Å². The van der Waals surface area contributed by atoms with Crippen LogP contribution in [-0.2, 0) is 16.0 Å². The van der Waals surface area contributed by atoms with E-state index in [4.69, 9.17) is 9.47 Å². The van der Waals surface area contributed by atoms with E-state index in [9.17, 15) is 4.79 Å². The summed E-state index contributed by atoms with van der Waals surface area (Å²) in [4.78, 5) is 18.1. The first-order valence-electron chi connectivity index (χ1n) is 15.5. The van der Waals surface area contributed by atoms with Crippen LogP contribution in [0.2, 0.25) is 0 Å².